The molecule has 114 valence electrons. The van der Waals surface area contributed by atoms with Crippen molar-refractivity contribution in [1.29, 1.82) is 0 Å². The molecule has 1 saturated heterocycles. The number of H-pyrrole nitrogens is 2. The Morgan fingerprint density at radius 3 is 2.86 bits per heavy atom. The standard InChI is InChI=1S/C15H22N4OS/c1-11(16-4-5-19-6-8-21-9-7-19)12-2-3-13-14(10-12)18-15(20)17-13/h2-3,10-11,16H,4-9H2,1H3,(H2,17,18,20). The lowest BCUT2D eigenvalue weighted by atomic mass is 10.1. The number of nitrogens with one attached hydrogen (secondary N) is 3. The molecule has 3 rings (SSSR count). The number of aromatic nitrogens is 2. The van der Waals surface area contributed by atoms with Gasteiger partial charge in [0.25, 0.3) is 0 Å². The largest absolute Gasteiger partial charge is 0.323 e. The van der Waals surface area contributed by atoms with Crippen LogP contribution < -0.4 is 11.0 Å². The lowest BCUT2D eigenvalue weighted by molar-refractivity contribution is 0.297. The van der Waals surface area contributed by atoms with Crippen LogP contribution in [0.2, 0.25) is 0 Å². The van der Waals surface area contributed by atoms with E-state index in [0.29, 0.717) is 0 Å². The lowest BCUT2D eigenvalue weighted by Crippen LogP contribution is -2.38. The summed E-state index contributed by atoms with van der Waals surface area (Å²) in [4.78, 5) is 19.4. The average molecular weight is 306 g/mol. The fourth-order valence-corrected chi connectivity index (χ4v) is 3.68. The van der Waals surface area contributed by atoms with E-state index in [1.54, 1.807) is 0 Å². The zero-order valence-corrected chi connectivity index (χ0v) is 13.1. The normalized spacial score (nSPS) is 18.1. The Kier molecular flexibility index (Phi) is 4.67. The van der Waals surface area contributed by atoms with Crippen LogP contribution in [-0.4, -0.2) is 52.6 Å². The molecule has 0 amide bonds. The fraction of sp³-hybridized carbons (Fsp3) is 0.533. The number of imidazole rings is 1. The zero-order valence-electron chi connectivity index (χ0n) is 12.3. The van der Waals surface area contributed by atoms with Crippen LogP contribution in [0.15, 0.2) is 23.0 Å². The van der Waals surface area contributed by atoms with Gasteiger partial charge < -0.3 is 20.2 Å². The maximum atomic E-state index is 11.3. The van der Waals surface area contributed by atoms with Crippen molar-refractivity contribution in [3.8, 4) is 0 Å². The van der Waals surface area contributed by atoms with Crippen LogP contribution in [-0.2, 0) is 0 Å². The molecule has 21 heavy (non-hydrogen) atoms. The first-order chi connectivity index (χ1) is 10.2. The van der Waals surface area contributed by atoms with Crippen LogP contribution in [0.5, 0.6) is 0 Å². The predicted octanol–water partition coefficient (Wildman–Crippen LogP) is 1.56. The Balaban J connectivity index is 1.55. The predicted molar refractivity (Wildman–Crippen MR) is 89.1 cm³/mol. The van der Waals surface area contributed by atoms with E-state index in [0.717, 1.165) is 24.1 Å². The summed E-state index contributed by atoms with van der Waals surface area (Å²) in [5, 5.41) is 3.57. The second-order valence-electron chi connectivity index (χ2n) is 5.51. The second kappa shape index (κ2) is 6.68. The highest BCUT2D eigenvalue weighted by Crippen LogP contribution is 2.17. The van der Waals surface area contributed by atoms with E-state index in [9.17, 15) is 4.79 Å². The molecule has 1 aliphatic rings. The number of hydrogen-bond acceptors (Lipinski definition) is 4. The highest BCUT2D eigenvalue weighted by molar-refractivity contribution is 7.99. The molecular formula is C15H22N4OS. The summed E-state index contributed by atoms with van der Waals surface area (Å²) in [7, 11) is 0. The molecule has 1 fully saturated rings. The van der Waals surface area contributed by atoms with Gasteiger partial charge in [0.05, 0.1) is 11.0 Å². The van der Waals surface area contributed by atoms with Crippen LogP contribution in [0.3, 0.4) is 0 Å². The van der Waals surface area contributed by atoms with Gasteiger partial charge in [0, 0.05) is 43.7 Å². The summed E-state index contributed by atoms with van der Waals surface area (Å²) in [5.41, 5.74) is 2.79. The van der Waals surface area contributed by atoms with Gasteiger partial charge in [0.2, 0.25) is 0 Å². The molecule has 6 heteroatoms. The minimum absolute atomic E-state index is 0.147. The molecule has 2 aromatic rings. The summed E-state index contributed by atoms with van der Waals surface area (Å²) >= 11 is 2.04. The lowest BCUT2D eigenvalue weighted by Gasteiger charge is -2.26. The molecule has 1 aromatic heterocycles. The molecule has 0 spiro atoms. The van der Waals surface area contributed by atoms with Crippen molar-refractivity contribution in [3.05, 3.63) is 34.2 Å². The minimum atomic E-state index is -0.147. The molecule has 0 radical (unpaired) electrons. The molecule has 0 aliphatic carbocycles. The van der Waals surface area contributed by atoms with Gasteiger partial charge in [-0.15, -0.1) is 0 Å². The number of thioether (sulfide) groups is 1. The molecule has 2 heterocycles. The van der Waals surface area contributed by atoms with Gasteiger partial charge in [-0.2, -0.15) is 11.8 Å². The average Bonchev–Trinajstić information content (AvgIpc) is 2.87. The highest BCUT2D eigenvalue weighted by atomic mass is 32.2. The van der Waals surface area contributed by atoms with E-state index < -0.39 is 0 Å². The van der Waals surface area contributed by atoms with E-state index in [1.807, 2.05) is 23.9 Å². The van der Waals surface area contributed by atoms with Gasteiger partial charge in [0.1, 0.15) is 0 Å². The summed E-state index contributed by atoms with van der Waals surface area (Å²) in [6.45, 7) is 6.67. The SMILES string of the molecule is CC(NCCN1CCSCC1)c1ccc2[nH]c(=O)[nH]c2c1. The van der Waals surface area contributed by atoms with Crippen molar-refractivity contribution in [2.75, 3.05) is 37.7 Å². The van der Waals surface area contributed by atoms with Crippen molar-refractivity contribution < 1.29 is 0 Å². The maximum absolute atomic E-state index is 11.3. The second-order valence-corrected chi connectivity index (χ2v) is 6.74. The van der Waals surface area contributed by atoms with Gasteiger partial charge in [-0.1, -0.05) is 6.07 Å². The number of aromatic amines is 2. The van der Waals surface area contributed by atoms with Crippen LogP contribution in [0.25, 0.3) is 11.0 Å². The smallest absolute Gasteiger partial charge is 0.309 e. The Labute approximate surface area is 128 Å². The summed E-state index contributed by atoms with van der Waals surface area (Å²) in [6.07, 6.45) is 0. The third-order valence-electron chi connectivity index (χ3n) is 4.02. The topological polar surface area (TPSA) is 63.9 Å². The van der Waals surface area contributed by atoms with E-state index in [2.05, 4.69) is 33.2 Å². The third kappa shape index (κ3) is 3.70. The van der Waals surface area contributed by atoms with Crippen LogP contribution in [0.4, 0.5) is 0 Å². The highest BCUT2D eigenvalue weighted by Gasteiger charge is 2.11. The quantitative estimate of drug-likeness (QED) is 0.784. The summed E-state index contributed by atoms with van der Waals surface area (Å²) in [5.74, 6) is 2.51. The summed E-state index contributed by atoms with van der Waals surface area (Å²) in [6, 6.07) is 6.36. The van der Waals surface area contributed by atoms with Crippen molar-refractivity contribution in [2.24, 2.45) is 0 Å². The van der Waals surface area contributed by atoms with Gasteiger partial charge in [0.15, 0.2) is 0 Å². The van der Waals surface area contributed by atoms with Crippen molar-refractivity contribution in [2.45, 2.75) is 13.0 Å². The van der Waals surface area contributed by atoms with Crippen molar-refractivity contribution in [1.82, 2.24) is 20.2 Å². The van der Waals surface area contributed by atoms with E-state index in [1.165, 1.54) is 30.2 Å². The van der Waals surface area contributed by atoms with E-state index >= 15 is 0 Å². The molecule has 0 bridgehead atoms. The van der Waals surface area contributed by atoms with E-state index in [-0.39, 0.29) is 11.7 Å². The van der Waals surface area contributed by atoms with Crippen molar-refractivity contribution in [3.63, 3.8) is 0 Å². The number of nitrogens with zero attached hydrogens (tertiary/aromatic N) is 1. The molecule has 1 aliphatic heterocycles. The van der Waals surface area contributed by atoms with Gasteiger partial charge in [-0.25, -0.2) is 4.79 Å². The number of hydrogen-bond donors (Lipinski definition) is 3. The first kappa shape index (κ1) is 14.7. The molecule has 1 unspecified atom stereocenters. The van der Waals surface area contributed by atoms with E-state index in [4.69, 9.17) is 0 Å². The van der Waals surface area contributed by atoms with Crippen LogP contribution in [0.1, 0.15) is 18.5 Å². The first-order valence-corrected chi connectivity index (χ1v) is 8.63. The van der Waals surface area contributed by atoms with Crippen molar-refractivity contribution >= 4 is 22.8 Å². The Hall–Kier alpha value is -1.24. The molecule has 1 aromatic carbocycles. The Morgan fingerprint density at radius 1 is 1.29 bits per heavy atom. The van der Waals surface area contributed by atoms with Gasteiger partial charge in [-0.3, -0.25) is 0 Å². The first-order valence-electron chi connectivity index (χ1n) is 7.48. The van der Waals surface area contributed by atoms with Crippen LogP contribution >= 0.6 is 11.8 Å². The molecule has 5 nitrogen and oxygen atoms in total. The Morgan fingerprint density at radius 2 is 2.05 bits per heavy atom. The van der Waals surface area contributed by atoms with Crippen LogP contribution in [0, 0.1) is 0 Å². The molecule has 0 saturated carbocycles. The monoisotopic (exact) mass is 306 g/mol. The minimum Gasteiger partial charge on any atom is -0.309 e. The molecule has 3 N–H and O–H groups in total. The fourth-order valence-electron chi connectivity index (χ4n) is 2.70. The molecule has 1 atom stereocenters. The molecular weight excluding hydrogens is 284 g/mol. The number of fused-ring (bicyclic) bond motifs is 1. The maximum Gasteiger partial charge on any atom is 0.323 e. The summed E-state index contributed by atoms with van der Waals surface area (Å²) < 4.78 is 0. The third-order valence-corrected chi connectivity index (χ3v) is 4.96. The van der Waals surface area contributed by atoms with Gasteiger partial charge in [-0.05, 0) is 24.6 Å². The zero-order chi connectivity index (χ0) is 14.7. The Bertz CT molecular complexity index is 644. The number of benzene rings is 1. The van der Waals surface area contributed by atoms with Gasteiger partial charge >= 0.3 is 5.69 Å². The number of rotatable bonds is 5.